The Morgan fingerprint density at radius 2 is 1.71 bits per heavy atom. The van der Waals surface area contributed by atoms with Crippen LogP contribution in [-0.4, -0.2) is 34.8 Å². The summed E-state index contributed by atoms with van der Waals surface area (Å²) in [6.45, 7) is 4.63. The first kappa shape index (κ1) is 23.5. The maximum absolute atomic E-state index is 11.4. The third-order valence-electron chi connectivity index (χ3n) is 5.84. The van der Waals surface area contributed by atoms with E-state index in [2.05, 4.69) is 17.4 Å². The molecule has 6 nitrogen and oxygen atoms in total. The summed E-state index contributed by atoms with van der Waals surface area (Å²) in [5, 5.41) is 12.9. The van der Waals surface area contributed by atoms with E-state index in [1.807, 2.05) is 66.7 Å². The van der Waals surface area contributed by atoms with E-state index in [9.17, 15) is 9.90 Å². The largest absolute Gasteiger partial charge is 0.478 e. The average molecular weight is 459 g/mol. The Bertz CT molecular complexity index is 1200. The summed E-state index contributed by atoms with van der Waals surface area (Å²) in [6, 6.07) is 25.7. The molecule has 1 unspecified atom stereocenters. The molecule has 0 saturated heterocycles. The van der Waals surface area contributed by atoms with Gasteiger partial charge in [0.05, 0.1) is 5.92 Å². The highest BCUT2D eigenvalue weighted by molar-refractivity contribution is 5.76. The fourth-order valence-electron chi connectivity index (χ4n) is 3.88. The summed E-state index contributed by atoms with van der Waals surface area (Å²) in [6.07, 6.45) is 1.56. The van der Waals surface area contributed by atoms with Gasteiger partial charge < -0.3 is 19.6 Å². The number of carboxylic acid groups (broad SMARTS) is 1. The van der Waals surface area contributed by atoms with Gasteiger partial charge in [-0.1, -0.05) is 60.7 Å². The molecular weight excluding hydrogens is 428 g/mol. The Kier molecular flexibility index (Phi) is 7.28. The van der Waals surface area contributed by atoms with Gasteiger partial charge >= 0.3 is 5.97 Å². The highest BCUT2D eigenvalue weighted by Crippen LogP contribution is 2.30. The first-order valence-electron chi connectivity index (χ1n) is 11.6. The van der Waals surface area contributed by atoms with Gasteiger partial charge in [0.25, 0.3) is 0 Å². The third kappa shape index (κ3) is 5.64. The molecule has 1 aromatic heterocycles. The summed E-state index contributed by atoms with van der Waals surface area (Å²) < 4.78 is 11.9. The number of carbonyl (C=O) groups is 1. The van der Waals surface area contributed by atoms with Crippen molar-refractivity contribution >= 4 is 17.1 Å². The number of hydrogen-bond donors (Lipinski definition) is 2. The van der Waals surface area contributed by atoms with Crippen LogP contribution >= 0.6 is 0 Å². The number of aliphatic carboxylic acids is 1. The normalized spacial score (nSPS) is 12.5. The van der Waals surface area contributed by atoms with Crippen molar-refractivity contribution < 1.29 is 19.1 Å². The molecular formula is C28H30N2O4. The summed E-state index contributed by atoms with van der Waals surface area (Å²) in [4.78, 5) is 16.2. The number of fused-ring (bicyclic) bond motifs is 1. The van der Waals surface area contributed by atoms with Crippen LogP contribution in [0.3, 0.4) is 0 Å². The Balaban J connectivity index is 1.38. The molecule has 0 aliphatic rings. The van der Waals surface area contributed by atoms with E-state index < -0.39 is 11.6 Å². The Hall–Kier alpha value is -3.64. The second kappa shape index (κ2) is 10.5. The van der Waals surface area contributed by atoms with E-state index in [-0.39, 0.29) is 5.92 Å². The van der Waals surface area contributed by atoms with E-state index in [4.69, 9.17) is 14.1 Å². The molecule has 1 atom stereocenters. The Morgan fingerprint density at radius 1 is 1.00 bits per heavy atom. The smallest absolute Gasteiger partial charge is 0.347 e. The molecule has 0 bridgehead atoms. The topological polar surface area (TPSA) is 84.6 Å². The molecule has 176 valence electrons. The predicted octanol–water partition coefficient (Wildman–Crippen LogP) is 5.42. The van der Waals surface area contributed by atoms with Crippen LogP contribution in [0.15, 0.2) is 83.3 Å². The molecule has 1 heterocycles. The van der Waals surface area contributed by atoms with Gasteiger partial charge in [0.2, 0.25) is 5.89 Å². The molecule has 0 amide bonds. The van der Waals surface area contributed by atoms with Crippen molar-refractivity contribution in [2.75, 3.05) is 13.1 Å². The van der Waals surface area contributed by atoms with Gasteiger partial charge in [-0.25, -0.2) is 9.78 Å². The second-order valence-corrected chi connectivity index (χ2v) is 8.80. The predicted molar refractivity (Wildman–Crippen MR) is 132 cm³/mol. The zero-order valence-electron chi connectivity index (χ0n) is 19.5. The SMILES string of the molecule is CC(C)(Oc1ccccc1CCNCCC(c1ccccc1)c1nc2ccccc2o1)C(=O)O. The maximum Gasteiger partial charge on any atom is 0.347 e. The first-order valence-corrected chi connectivity index (χ1v) is 11.6. The van der Waals surface area contributed by atoms with Crippen molar-refractivity contribution in [3.8, 4) is 5.75 Å². The molecule has 0 saturated carbocycles. The van der Waals surface area contributed by atoms with Gasteiger partial charge in [-0.3, -0.25) is 0 Å². The van der Waals surface area contributed by atoms with Gasteiger partial charge in [0.1, 0.15) is 11.3 Å². The molecule has 2 N–H and O–H groups in total. The van der Waals surface area contributed by atoms with Crippen molar-refractivity contribution in [3.63, 3.8) is 0 Å². The lowest BCUT2D eigenvalue weighted by atomic mass is 9.95. The molecule has 0 aliphatic heterocycles. The van der Waals surface area contributed by atoms with E-state index in [0.717, 1.165) is 48.5 Å². The number of hydrogen-bond acceptors (Lipinski definition) is 5. The minimum Gasteiger partial charge on any atom is -0.478 e. The van der Waals surface area contributed by atoms with Gasteiger partial charge in [0, 0.05) is 0 Å². The number of nitrogens with zero attached hydrogens (tertiary/aromatic N) is 1. The van der Waals surface area contributed by atoms with Crippen LogP contribution in [0.4, 0.5) is 0 Å². The highest BCUT2D eigenvalue weighted by atomic mass is 16.5. The minimum absolute atomic E-state index is 0.0492. The van der Waals surface area contributed by atoms with Crippen molar-refractivity contribution in [3.05, 3.63) is 95.9 Å². The Labute approximate surface area is 199 Å². The van der Waals surface area contributed by atoms with E-state index in [1.165, 1.54) is 5.56 Å². The van der Waals surface area contributed by atoms with Crippen LogP contribution in [0.5, 0.6) is 5.75 Å². The number of rotatable bonds is 11. The van der Waals surface area contributed by atoms with E-state index >= 15 is 0 Å². The number of oxazole rings is 1. The summed E-state index contributed by atoms with van der Waals surface area (Å²) >= 11 is 0. The second-order valence-electron chi connectivity index (χ2n) is 8.80. The zero-order chi connectivity index (χ0) is 24.0. The van der Waals surface area contributed by atoms with E-state index in [1.54, 1.807) is 13.8 Å². The number of para-hydroxylation sites is 3. The number of benzene rings is 3. The standard InChI is InChI=1S/C28H30N2O4/c1-28(2,27(31)32)34-24-14-8-6-12-21(24)16-18-29-19-17-22(20-10-4-3-5-11-20)26-30-23-13-7-9-15-25(23)33-26/h3-15,22,29H,16-19H2,1-2H3,(H,31,32). The van der Waals surface area contributed by atoms with Crippen LogP contribution in [-0.2, 0) is 11.2 Å². The lowest BCUT2D eigenvalue weighted by Crippen LogP contribution is -2.38. The molecule has 0 spiro atoms. The lowest BCUT2D eigenvalue weighted by Gasteiger charge is -2.23. The molecule has 4 rings (SSSR count). The van der Waals surface area contributed by atoms with Crippen molar-refractivity contribution in [1.82, 2.24) is 10.3 Å². The summed E-state index contributed by atoms with van der Waals surface area (Å²) in [7, 11) is 0. The van der Waals surface area contributed by atoms with Gasteiger partial charge in [-0.05, 0) is 69.1 Å². The number of carboxylic acids is 1. The van der Waals surface area contributed by atoms with Crippen LogP contribution in [0.25, 0.3) is 11.1 Å². The van der Waals surface area contributed by atoms with Gasteiger partial charge in [-0.15, -0.1) is 0 Å². The van der Waals surface area contributed by atoms with Crippen LogP contribution in [0.2, 0.25) is 0 Å². The number of ether oxygens (including phenoxy) is 1. The quantitative estimate of drug-likeness (QED) is 0.292. The Morgan fingerprint density at radius 3 is 2.47 bits per heavy atom. The lowest BCUT2D eigenvalue weighted by molar-refractivity contribution is -0.152. The van der Waals surface area contributed by atoms with Gasteiger partial charge in [-0.2, -0.15) is 0 Å². The van der Waals surface area contributed by atoms with Crippen LogP contribution in [0.1, 0.15) is 43.2 Å². The number of aromatic nitrogens is 1. The molecule has 3 aromatic carbocycles. The molecule has 34 heavy (non-hydrogen) atoms. The fourth-order valence-corrected chi connectivity index (χ4v) is 3.88. The first-order chi connectivity index (χ1) is 16.4. The van der Waals surface area contributed by atoms with Gasteiger partial charge in [0.15, 0.2) is 11.2 Å². The molecule has 0 radical (unpaired) electrons. The highest BCUT2D eigenvalue weighted by Gasteiger charge is 2.30. The van der Waals surface area contributed by atoms with Crippen molar-refractivity contribution in [2.24, 2.45) is 0 Å². The van der Waals surface area contributed by atoms with E-state index in [0.29, 0.717) is 5.75 Å². The van der Waals surface area contributed by atoms with Crippen molar-refractivity contribution in [1.29, 1.82) is 0 Å². The third-order valence-corrected chi connectivity index (χ3v) is 5.84. The monoisotopic (exact) mass is 458 g/mol. The molecule has 0 fully saturated rings. The maximum atomic E-state index is 11.4. The zero-order valence-corrected chi connectivity index (χ0v) is 19.5. The average Bonchev–Trinajstić information content (AvgIpc) is 3.26. The number of nitrogens with one attached hydrogen (secondary N) is 1. The van der Waals surface area contributed by atoms with Crippen LogP contribution in [0, 0.1) is 0 Å². The minimum atomic E-state index is -1.29. The summed E-state index contributed by atoms with van der Waals surface area (Å²) in [5.74, 6) is 0.383. The van der Waals surface area contributed by atoms with Crippen LogP contribution < -0.4 is 10.1 Å². The molecule has 0 aliphatic carbocycles. The molecule has 6 heteroatoms. The molecule has 4 aromatic rings. The fraction of sp³-hybridized carbons (Fsp3) is 0.286. The van der Waals surface area contributed by atoms with Crippen molar-refractivity contribution in [2.45, 2.75) is 38.2 Å². The summed E-state index contributed by atoms with van der Waals surface area (Å²) in [5.41, 5.74) is 2.53.